The van der Waals surface area contributed by atoms with E-state index < -0.39 is 36.1 Å². The molecule has 190 valence electrons. The molecule has 1 N–H and O–H groups in total. The lowest BCUT2D eigenvalue weighted by Gasteiger charge is -2.35. The van der Waals surface area contributed by atoms with Crippen LogP contribution in [0, 0.1) is 5.82 Å². The number of rotatable bonds is 6. The van der Waals surface area contributed by atoms with Crippen molar-refractivity contribution < 1.29 is 32.4 Å². The minimum absolute atomic E-state index is 0.00372. The third-order valence-electron chi connectivity index (χ3n) is 6.46. The van der Waals surface area contributed by atoms with E-state index in [1.165, 1.54) is 24.3 Å². The number of nitrogens with zero attached hydrogens (tertiary/aromatic N) is 2. The topological polar surface area (TPSA) is 88.2 Å². The first-order valence-electron chi connectivity index (χ1n) is 13.5. The van der Waals surface area contributed by atoms with Crippen LogP contribution in [0.1, 0.15) is 57.8 Å². The van der Waals surface area contributed by atoms with Crippen LogP contribution in [0.5, 0.6) is 5.75 Å². The number of fused-ring (bicyclic) bond motifs is 1. The Morgan fingerprint density at radius 1 is 1.19 bits per heavy atom. The van der Waals surface area contributed by atoms with Gasteiger partial charge in [0.15, 0.2) is 0 Å². The van der Waals surface area contributed by atoms with Gasteiger partial charge in [0.1, 0.15) is 24.2 Å². The van der Waals surface area contributed by atoms with Crippen LogP contribution in [0.2, 0.25) is 0 Å². The molecule has 3 aliphatic heterocycles. The summed E-state index contributed by atoms with van der Waals surface area (Å²) < 4.78 is 52.7. The Bertz CT molecular complexity index is 1330. The number of hydrogen-bond acceptors (Lipinski definition) is 6. The Balaban J connectivity index is 1.34. The van der Waals surface area contributed by atoms with Gasteiger partial charge in [-0.1, -0.05) is 18.2 Å². The molecule has 0 aliphatic carbocycles. The largest absolute Gasteiger partial charge is 0.488 e. The van der Waals surface area contributed by atoms with Gasteiger partial charge in [0.05, 0.1) is 22.8 Å². The zero-order valence-corrected chi connectivity index (χ0v) is 20.2. The third-order valence-corrected chi connectivity index (χ3v) is 6.46. The van der Waals surface area contributed by atoms with E-state index in [0.717, 1.165) is 18.7 Å². The van der Waals surface area contributed by atoms with Gasteiger partial charge in [-0.25, -0.2) is 4.39 Å². The molecule has 2 fully saturated rings. The van der Waals surface area contributed by atoms with Gasteiger partial charge in [0.2, 0.25) is 11.8 Å². The number of carbonyl (C=O) groups excluding carboxylic acids is 3. The second-order valence-electron chi connectivity index (χ2n) is 9.42. The number of ether oxygens (including phenoxy) is 2. The molecule has 0 spiro atoms. The molecular weight excluding hydrogens is 465 g/mol. The zero-order valence-electron chi connectivity index (χ0n) is 23.2. The highest BCUT2D eigenvalue weighted by Crippen LogP contribution is 2.34. The summed E-state index contributed by atoms with van der Waals surface area (Å²) in [5.41, 5.74) is 0.863. The van der Waals surface area contributed by atoms with Crippen LogP contribution in [0.3, 0.4) is 0 Å². The Morgan fingerprint density at radius 2 is 1.97 bits per heavy atom. The predicted molar refractivity (Wildman–Crippen MR) is 129 cm³/mol. The minimum atomic E-state index is -2.59. The van der Waals surface area contributed by atoms with E-state index in [-0.39, 0.29) is 54.1 Å². The molecule has 3 atom stereocenters. The lowest BCUT2D eigenvalue weighted by Crippen LogP contribution is -2.52. The maximum Gasteiger partial charge on any atom is 0.255 e. The number of amides is 3. The van der Waals surface area contributed by atoms with Gasteiger partial charge < -0.3 is 14.4 Å². The summed E-state index contributed by atoms with van der Waals surface area (Å²) in [5, 5.41) is 2.03. The minimum Gasteiger partial charge on any atom is -0.488 e. The average Bonchev–Trinajstić information content (AvgIpc) is 3.06. The Kier molecular flexibility index (Phi) is 5.78. The smallest absolute Gasteiger partial charge is 0.255 e. The third kappa shape index (κ3) is 4.99. The van der Waals surface area contributed by atoms with E-state index in [4.69, 9.17) is 13.6 Å². The molecule has 3 amide bonds. The maximum atomic E-state index is 15.0. The number of benzene rings is 2. The van der Waals surface area contributed by atoms with Crippen LogP contribution in [0.15, 0.2) is 36.4 Å². The first-order chi connectivity index (χ1) is 18.4. The normalized spacial score (nSPS) is 29.2. The summed E-state index contributed by atoms with van der Waals surface area (Å²) in [7, 11) is 0. The van der Waals surface area contributed by atoms with E-state index in [2.05, 4.69) is 4.90 Å². The van der Waals surface area contributed by atoms with Crippen LogP contribution in [0.25, 0.3) is 0 Å². The SMILES string of the molecule is [2H]C1(N2C(=O)c3cccc(OCc4ccc(CN5CC(C)OC(C)C5)cc4F)c3C2([2H])[2H])CCC(=O)NC1=O. The maximum absolute atomic E-state index is 15.0. The molecule has 9 heteroatoms. The van der Waals surface area contributed by atoms with Crippen molar-refractivity contribution in [1.82, 2.24) is 15.1 Å². The first-order valence-corrected chi connectivity index (χ1v) is 12.0. The zero-order chi connectivity index (χ0) is 28.1. The number of carbonyl (C=O) groups is 3. The van der Waals surface area contributed by atoms with E-state index in [9.17, 15) is 14.4 Å². The van der Waals surface area contributed by atoms with Gasteiger partial charge in [-0.3, -0.25) is 24.6 Å². The monoisotopic (exact) mass is 498 g/mol. The van der Waals surface area contributed by atoms with Crippen LogP contribution >= 0.6 is 0 Å². The van der Waals surface area contributed by atoms with Crippen molar-refractivity contribution >= 4 is 17.7 Å². The van der Waals surface area contributed by atoms with Crippen molar-refractivity contribution in [3.8, 4) is 5.75 Å². The number of halogens is 1. The molecule has 2 aromatic carbocycles. The van der Waals surface area contributed by atoms with Gasteiger partial charge in [0, 0.05) is 42.7 Å². The van der Waals surface area contributed by atoms with E-state index in [1.54, 1.807) is 6.07 Å². The molecule has 3 heterocycles. The summed E-state index contributed by atoms with van der Waals surface area (Å²) in [6.07, 6.45) is -0.341. The number of morpholine rings is 1. The average molecular weight is 499 g/mol. The highest BCUT2D eigenvalue weighted by molar-refractivity contribution is 6.05. The summed E-state index contributed by atoms with van der Waals surface area (Å²) in [6, 6.07) is 6.92. The van der Waals surface area contributed by atoms with Gasteiger partial charge in [0.25, 0.3) is 5.91 Å². The highest BCUT2D eigenvalue weighted by Gasteiger charge is 2.40. The molecule has 5 rings (SSSR count). The predicted octanol–water partition coefficient (Wildman–Crippen LogP) is 2.77. The first kappa shape index (κ1) is 20.8. The number of hydrogen-bond donors (Lipinski definition) is 1. The summed E-state index contributed by atoms with van der Waals surface area (Å²) in [4.78, 5) is 40.2. The molecule has 2 aromatic rings. The summed E-state index contributed by atoms with van der Waals surface area (Å²) >= 11 is 0. The Hall–Kier alpha value is -3.30. The fraction of sp³-hybridized carbons (Fsp3) is 0.444. The fourth-order valence-electron chi connectivity index (χ4n) is 4.87. The molecule has 3 unspecified atom stereocenters. The Labute approximate surface area is 213 Å². The second kappa shape index (κ2) is 9.99. The molecule has 2 saturated heterocycles. The molecular formula is C27H30FN3O5. The van der Waals surface area contributed by atoms with Gasteiger partial charge in [-0.05, 0) is 44.0 Å². The molecule has 8 nitrogen and oxygen atoms in total. The lowest BCUT2D eigenvalue weighted by atomic mass is 10.0. The summed E-state index contributed by atoms with van der Waals surface area (Å²) in [5.74, 6) is -2.97. The van der Waals surface area contributed by atoms with Crippen molar-refractivity contribution in [3.63, 3.8) is 0 Å². The van der Waals surface area contributed by atoms with Crippen LogP contribution < -0.4 is 10.1 Å². The van der Waals surface area contributed by atoms with Crippen molar-refractivity contribution in [2.24, 2.45) is 0 Å². The molecule has 0 aromatic heterocycles. The van der Waals surface area contributed by atoms with Crippen molar-refractivity contribution in [2.45, 2.75) is 64.6 Å². The lowest BCUT2D eigenvalue weighted by molar-refractivity contribution is -0.136. The Morgan fingerprint density at radius 3 is 2.69 bits per heavy atom. The molecule has 0 radical (unpaired) electrons. The number of piperidine rings is 1. The molecule has 3 aliphatic rings. The van der Waals surface area contributed by atoms with Gasteiger partial charge in [-0.15, -0.1) is 0 Å². The quantitative estimate of drug-likeness (QED) is 0.617. The van der Waals surface area contributed by atoms with Gasteiger partial charge in [-0.2, -0.15) is 0 Å². The van der Waals surface area contributed by atoms with Gasteiger partial charge >= 0.3 is 0 Å². The second-order valence-corrected chi connectivity index (χ2v) is 9.42. The van der Waals surface area contributed by atoms with E-state index in [0.29, 0.717) is 11.4 Å². The molecule has 0 saturated carbocycles. The van der Waals surface area contributed by atoms with Crippen LogP contribution in [-0.2, 0) is 34.0 Å². The van der Waals surface area contributed by atoms with Crippen LogP contribution in [0.4, 0.5) is 4.39 Å². The van der Waals surface area contributed by atoms with Crippen molar-refractivity contribution in [1.29, 1.82) is 0 Å². The van der Waals surface area contributed by atoms with E-state index >= 15 is 4.39 Å². The van der Waals surface area contributed by atoms with Crippen molar-refractivity contribution in [2.75, 3.05) is 13.1 Å². The number of nitrogens with one attached hydrogen (secondary N) is 1. The number of imide groups is 1. The van der Waals surface area contributed by atoms with Crippen LogP contribution in [-0.4, -0.2) is 58.8 Å². The summed E-state index contributed by atoms with van der Waals surface area (Å²) in [6.45, 7) is 3.30. The van der Waals surface area contributed by atoms with E-state index in [1.807, 2.05) is 25.2 Å². The highest BCUT2D eigenvalue weighted by atomic mass is 19.1. The molecule has 36 heavy (non-hydrogen) atoms. The van der Waals surface area contributed by atoms with Crippen molar-refractivity contribution in [3.05, 3.63) is 64.5 Å². The molecule has 0 bridgehead atoms. The fourth-order valence-corrected chi connectivity index (χ4v) is 4.87. The standard InChI is InChI=1S/C27H30FN3O5/c1-16-11-30(12-17(2)36-16)13-18-6-7-19(22(28)10-18)15-35-24-5-3-4-20-21(24)14-31(27(20)34)23-8-9-25(32)29-26(23)33/h3-7,10,16-17,23H,8-9,11-15H2,1-2H3,(H,29,32,33)/i14D2,23D.